The summed E-state index contributed by atoms with van der Waals surface area (Å²) in [6.07, 6.45) is 1.80. The van der Waals surface area contributed by atoms with Crippen molar-refractivity contribution in [3.05, 3.63) is 22.5 Å². The Hall–Kier alpha value is -2.35. The van der Waals surface area contributed by atoms with E-state index >= 15 is 0 Å². The van der Waals surface area contributed by atoms with Crippen LogP contribution in [0.2, 0.25) is 0 Å². The quantitative estimate of drug-likeness (QED) is 0.584. The Morgan fingerprint density at radius 2 is 1.93 bits per heavy atom. The van der Waals surface area contributed by atoms with Gasteiger partial charge in [-0.2, -0.15) is 0 Å². The molecule has 2 rings (SSSR count). The van der Waals surface area contributed by atoms with Gasteiger partial charge in [0.05, 0.1) is 12.2 Å². The van der Waals surface area contributed by atoms with E-state index in [0.717, 1.165) is 6.42 Å². The fourth-order valence-corrected chi connectivity index (χ4v) is 3.24. The average Bonchev–Trinajstić information content (AvgIpc) is 3.17. The Labute approximate surface area is 165 Å². The van der Waals surface area contributed by atoms with Crippen molar-refractivity contribution in [3.63, 3.8) is 0 Å². The third-order valence-corrected chi connectivity index (χ3v) is 4.39. The summed E-state index contributed by atoms with van der Waals surface area (Å²) in [4.78, 5) is 39.6. The van der Waals surface area contributed by atoms with Gasteiger partial charge >= 0.3 is 11.9 Å². The van der Waals surface area contributed by atoms with Gasteiger partial charge in [-0.15, -0.1) is 0 Å². The standard InChI is InChI=1S/C20H31N3O5/c1-6-13-16(18(25)27-7-2)14(11-21-10-12-8-9-15(24)22-12)23-17(13)19(26)28-20(3,4)5/h12,21,23H,6-11H2,1-5H3,(H,22,24)/t12-/m1/s1. The van der Waals surface area contributed by atoms with Crippen molar-refractivity contribution >= 4 is 17.8 Å². The van der Waals surface area contributed by atoms with E-state index in [4.69, 9.17) is 9.47 Å². The summed E-state index contributed by atoms with van der Waals surface area (Å²) >= 11 is 0. The number of aromatic amines is 1. The highest BCUT2D eigenvalue weighted by molar-refractivity contribution is 5.99. The molecule has 1 amide bonds. The number of hydrogen-bond donors (Lipinski definition) is 3. The molecule has 0 radical (unpaired) electrons. The largest absolute Gasteiger partial charge is 0.462 e. The Kier molecular flexibility index (Phi) is 7.23. The number of carbonyl (C=O) groups excluding carboxylic acids is 3. The first kappa shape index (κ1) is 21.9. The van der Waals surface area contributed by atoms with Crippen molar-refractivity contribution in [1.82, 2.24) is 15.6 Å². The molecule has 0 aromatic carbocycles. The number of amides is 1. The van der Waals surface area contributed by atoms with Crippen LogP contribution >= 0.6 is 0 Å². The molecule has 1 fully saturated rings. The topological polar surface area (TPSA) is 110 Å². The minimum absolute atomic E-state index is 0.0550. The van der Waals surface area contributed by atoms with Gasteiger partial charge in [-0.1, -0.05) is 6.92 Å². The smallest absolute Gasteiger partial charge is 0.355 e. The number of esters is 2. The zero-order chi connectivity index (χ0) is 20.9. The molecule has 8 nitrogen and oxygen atoms in total. The summed E-state index contributed by atoms with van der Waals surface area (Å²) in [7, 11) is 0. The number of H-pyrrole nitrogens is 1. The fourth-order valence-electron chi connectivity index (χ4n) is 3.24. The van der Waals surface area contributed by atoms with E-state index < -0.39 is 17.5 Å². The molecule has 2 heterocycles. The number of aromatic nitrogens is 1. The maximum Gasteiger partial charge on any atom is 0.355 e. The number of carbonyl (C=O) groups is 3. The van der Waals surface area contributed by atoms with Crippen LogP contribution in [0.4, 0.5) is 0 Å². The molecule has 156 valence electrons. The molecule has 28 heavy (non-hydrogen) atoms. The van der Waals surface area contributed by atoms with Crippen LogP contribution < -0.4 is 10.6 Å². The average molecular weight is 393 g/mol. The molecule has 1 aliphatic rings. The molecule has 3 N–H and O–H groups in total. The summed E-state index contributed by atoms with van der Waals surface area (Å²) < 4.78 is 10.7. The minimum atomic E-state index is -0.642. The summed E-state index contributed by atoms with van der Waals surface area (Å²) in [6, 6.07) is 0.0736. The lowest BCUT2D eigenvalue weighted by atomic mass is 10.1. The van der Waals surface area contributed by atoms with Crippen molar-refractivity contribution in [2.45, 2.75) is 72.1 Å². The van der Waals surface area contributed by atoms with Gasteiger partial charge < -0.3 is 25.1 Å². The maximum absolute atomic E-state index is 12.6. The Balaban J connectivity index is 2.24. The molecular formula is C20H31N3O5. The number of rotatable bonds is 8. The fraction of sp³-hybridized carbons (Fsp3) is 0.650. The Bertz CT molecular complexity index is 733. The molecule has 1 atom stereocenters. The molecule has 0 spiro atoms. The highest BCUT2D eigenvalue weighted by Gasteiger charge is 2.29. The van der Waals surface area contributed by atoms with Crippen LogP contribution in [0.25, 0.3) is 0 Å². The highest BCUT2D eigenvalue weighted by atomic mass is 16.6. The highest BCUT2D eigenvalue weighted by Crippen LogP contribution is 2.24. The molecule has 0 unspecified atom stereocenters. The normalized spacial score (nSPS) is 16.8. The van der Waals surface area contributed by atoms with Gasteiger partial charge in [0.15, 0.2) is 0 Å². The van der Waals surface area contributed by atoms with Crippen LogP contribution in [0.1, 0.15) is 79.6 Å². The molecule has 1 aliphatic heterocycles. The van der Waals surface area contributed by atoms with Crippen LogP contribution in [0, 0.1) is 0 Å². The zero-order valence-electron chi connectivity index (χ0n) is 17.4. The summed E-state index contributed by atoms with van der Waals surface area (Å²) in [5.74, 6) is -0.903. The van der Waals surface area contributed by atoms with Crippen LogP contribution in [0.3, 0.4) is 0 Å². The number of nitrogens with one attached hydrogen (secondary N) is 3. The van der Waals surface area contributed by atoms with Crippen molar-refractivity contribution in [2.75, 3.05) is 13.2 Å². The number of ether oxygens (including phenoxy) is 2. The second kappa shape index (κ2) is 9.23. The minimum Gasteiger partial charge on any atom is -0.462 e. The lowest BCUT2D eigenvalue weighted by Crippen LogP contribution is -2.35. The van der Waals surface area contributed by atoms with E-state index in [1.807, 2.05) is 6.92 Å². The molecule has 0 bridgehead atoms. The molecular weight excluding hydrogens is 362 g/mol. The van der Waals surface area contributed by atoms with Crippen molar-refractivity contribution < 1.29 is 23.9 Å². The van der Waals surface area contributed by atoms with Gasteiger partial charge in [-0.25, -0.2) is 9.59 Å². The molecule has 1 aromatic heterocycles. The van der Waals surface area contributed by atoms with Crippen LogP contribution in [0.5, 0.6) is 0 Å². The Morgan fingerprint density at radius 3 is 2.46 bits per heavy atom. The van der Waals surface area contributed by atoms with E-state index in [0.29, 0.717) is 42.8 Å². The summed E-state index contributed by atoms with van der Waals surface area (Å²) in [5.41, 5.74) is 1.20. The van der Waals surface area contributed by atoms with Gasteiger partial charge in [0, 0.05) is 31.2 Å². The molecule has 1 saturated heterocycles. The van der Waals surface area contributed by atoms with E-state index in [-0.39, 0.29) is 24.2 Å². The zero-order valence-corrected chi connectivity index (χ0v) is 17.4. The molecule has 8 heteroatoms. The van der Waals surface area contributed by atoms with E-state index in [2.05, 4.69) is 15.6 Å². The van der Waals surface area contributed by atoms with Gasteiger partial charge in [-0.3, -0.25) is 4.79 Å². The SMILES string of the molecule is CCOC(=O)c1c(CNC[C@H]2CCC(=O)N2)[nH]c(C(=O)OC(C)(C)C)c1CC. The molecule has 0 aliphatic carbocycles. The van der Waals surface area contributed by atoms with E-state index in [1.54, 1.807) is 27.7 Å². The third-order valence-electron chi connectivity index (χ3n) is 4.39. The first-order chi connectivity index (χ1) is 13.2. The predicted molar refractivity (Wildman–Crippen MR) is 104 cm³/mol. The van der Waals surface area contributed by atoms with E-state index in [9.17, 15) is 14.4 Å². The summed E-state index contributed by atoms with van der Waals surface area (Å²) in [6.45, 7) is 10.2. The van der Waals surface area contributed by atoms with Crippen molar-refractivity contribution in [2.24, 2.45) is 0 Å². The first-order valence-electron chi connectivity index (χ1n) is 9.80. The summed E-state index contributed by atoms with van der Waals surface area (Å²) in [5, 5.41) is 6.14. The first-order valence-corrected chi connectivity index (χ1v) is 9.80. The second-order valence-electron chi connectivity index (χ2n) is 7.84. The monoisotopic (exact) mass is 393 g/mol. The lowest BCUT2D eigenvalue weighted by Gasteiger charge is -2.19. The maximum atomic E-state index is 12.6. The second-order valence-corrected chi connectivity index (χ2v) is 7.84. The van der Waals surface area contributed by atoms with Gasteiger partial charge in [0.25, 0.3) is 0 Å². The molecule has 1 aromatic rings. The van der Waals surface area contributed by atoms with Crippen LogP contribution in [0.15, 0.2) is 0 Å². The lowest BCUT2D eigenvalue weighted by molar-refractivity contribution is -0.119. The predicted octanol–water partition coefficient (Wildman–Crippen LogP) is 2.08. The molecule has 0 saturated carbocycles. The van der Waals surface area contributed by atoms with Crippen LogP contribution in [-0.2, 0) is 27.2 Å². The Morgan fingerprint density at radius 1 is 1.21 bits per heavy atom. The van der Waals surface area contributed by atoms with Crippen LogP contribution in [-0.4, -0.2) is 47.6 Å². The van der Waals surface area contributed by atoms with Gasteiger partial charge in [-0.05, 0) is 46.1 Å². The van der Waals surface area contributed by atoms with Gasteiger partial charge in [0.1, 0.15) is 11.3 Å². The van der Waals surface area contributed by atoms with Gasteiger partial charge in [0.2, 0.25) is 5.91 Å². The third kappa shape index (κ3) is 5.58. The van der Waals surface area contributed by atoms with Crippen molar-refractivity contribution in [3.8, 4) is 0 Å². The number of hydrogen-bond acceptors (Lipinski definition) is 6. The van der Waals surface area contributed by atoms with E-state index in [1.165, 1.54) is 0 Å². The van der Waals surface area contributed by atoms with Crippen molar-refractivity contribution in [1.29, 1.82) is 0 Å².